The van der Waals surface area contributed by atoms with Crippen molar-refractivity contribution in [3.8, 4) is 18.1 Å². The highest BCUT2D eigenvalue weighted by Crippen LogP contribution is 2.50. The first-order valence-electron chi connectivity index (χ1n) is 10.7. The summed E-state index contributed by atoms with van der Waals surface area (Å²) in [6.07, 6.45) is 13.6. The molecule has 0 spiro atoms. The standard InChI is InChI=1S/C25H27NO5Si/c1-6-25(26-31-14(2)27)12-15-11-18-21(24(30)20(15)19(13-25)32(3,4)5)23(29)17-10-8-7-9-16(17)22(18)28/h1,7-11,16-17,19,26,30H,12-13H2,2-5H3. The van der Waals surface area contributed by atoms with Gasteiger partial charge in [0.15, 0.2) is 11.6 Å². The van der Waals surface area contributed by atoms with E-state index in [2.05, 4.69) is 31.0 Å². The van der Waals surface area contributed by atoms with Crippen LogP contribution < -0.4 is 5.48 Å². The Balaban J connectivity index is 1.92. The Morgan fingerprint density at radius 1 is 1.22 bits per heavy atom. The maximum Gasteiger partial charge on any atom is 0.321 e. The Morgan fingerprint density at radius 2 is 1.84 bits per heavy atom. The van der Waals surface area contributed by atoms with Crippen LogP contribution >= 0.6 is 0 Å². The van der Waals surface area contributed by atoms with Gasteiger partial charge in [-0.1, -0.05) is 49.9 Å². The van der Waals surface area contributed by atoms with Crippen molar-refractivity contribution in [2.75, 3.05) is 0 Å². The molecular weight excluding hydrogens is 422 g/mol. The number of phenolic OH excluding ortho intramolecular Hbond substituents is 1. The molecule has 6 nitrogen and oxygen atoms in total. The second-order valence-electron chi connectivity index (χ2n) is 9.99. The number of hydrogen-bond acceptors (Lipinski definition) is 6. The van der Waals surface area contributed by atoms with Crippen LogP contribution in [0.4, 0.5) is 0 Å². The lowest BCUT2D eigenvalue weighted by Crippen LogP contribution is -2.53. The van der Waals surface area contributed by atoms with E-state index in [-0.39, 0.29) is 40.4 Å². The van der Waals surface area contributed by atoms with Gasteiger partial charge in [-0.05, 0) is 29.2 Å². The molecule has 4 atom stereocenters. The second-order valence-corrected chi connectivity index (χ2v) is 15.4. The number of terminal acetylenes is 1. The first-order valence-corrected chi connectivity index (χ1v) is 14.3. The van der Waals surface area contributed by atoms with Gasteiger partial charge in [0.1, 0.15) is 11.3 Å². The molecule has 7 heteroatoms. The zero-order chi connectivity index (χ0) is 23.4. The quantitative estimate of drug-likeness (QED) is 0.417. The lowest BCUT2D eigenvalue weighted by Gasteiger charge is -2.44. The van der Waals surface area contributed by atoms with Crippen LogP contribution in [0.15, 0.2) is 30.4 Å². The highest BCUT2D eigenvalue weighted by atomic mass is 28.3. The number of carbonyl (C=O) groups excluding carboxylic acids is 3. The van der Waals surface area contributed by atoms with Crippen LogP contribution in [-0.2, 0) is 16.1 Å². The van der Waals surface area contributed by atoms with Gasteiger partial charge in [-0.15, -0.1) is 11.9 Å². The van der Waals surface area contributed by atoms with E-state index in [1.54, 1.807) is 30.4 Å². The number of fused-ring (bicyclic) bond motifs is 3. The Bertz CT molecular complexity index is 1140. The molecule has 0 amide bonds. The molecular formula is C25H27NO5Si. The highest BCUT2D eigenvalue weighted by Gasteiger charge is 2.49. The van der Waals surface area contributed by atoms with Gasteiger partial charge in [-0.25, -0.2) is 0 Å². The number of hydroxylamine groups is 1. The van der Waals surface area contributed by atoms with E-state index in [4.69, 9.17) is 11.3 Å². The molecule has 166 valence electrons. The third kappa shape index (κ3) is 3.44. The average Bonchev–Trinajstić information content (AvgIpc) is 2.74. The Hall–Kier alpha value is -2.95. The molecule has 0 saturated heterocycles. The lowest BCUT2D eigenvalue weighted by molar-refractivity contribution is -0.152. The molecule has 0 aliphatic heterocycles. The number of carbonyl (C=O) groups is 3. The SMILES string of the molecule is C#CC1(NOC(C)=O)Cc2cc3c(c(O)c2C([Si](C)(C)C)C1)C(=O)C1C=CC=CC1C3=O. The molecule has 0 bridgehead atoms. The van der Waals surface area contributed by atoms with Gasteiger partial charge < -0.3 is 9.94 Å². The zero-order valence-electron chi connectivity index (χ0n) is 18.7. The number of aromatic hydroxyl groups is 1. The maximum absolute atomic E-state index is 13.3. The first-order chi connectivity index (χ1) is 15.0. The van der Waals surface area contributed by atoms with E-state index in [1.807, 2.05) is 0 Å². The summed E-state index contributed by atoms with van der Waals surface area (Å²) >= 11 is 0. The molecule has 1 aromatic rings. The highest BCUT2D eigenvalue weighted by molar-refractivity contribution is 6.77. The van der Waals surface area contributed by atoms with Gasteiger partial charge in [0.2, 0.25) is 0 Å². The Morgan fingerprint density at radius 3 is 2.41 bits per heavy atom. The number of Topliss-reactive ketones (excluding diaryl/α,β-unsaturated/α-hetero) is 2. The summed E-state index contributed by atoms with van der Waals surface area (Å²) in [4.78, 5) is 43.2. The third-order valence-electron chi connectivity index (χ3n) is 6.78. The molecule has 32 heavy (non-hydrogen) atoms. The fraction of sp³-hybridized carbons (Fsp3) is 0.400. The van der Waals surface area contributed by atoms with Crippen molar-refractivity contribution in [2.45, 2.75) is 50.5 Å². The maximum atomic E-state index is 13.3. The normalized spacial score (nSPS) is 28.4. The predicted molar refractivity (Wildman–Crippen MR) is 123 cm³/mol. The molecule has 1 aromatic carbocycles. The molecule has 3 aliphatic rings. The summed E-state index contributed by atoms with van der Waals surface area (Å²) in [5, 5.41) is 11.4. The molecule has 4 rings (SSSR count). The van der Waals surface area contributed by atoms with Gasteiger partial charge in [0.05, 0.1) is 25.5 Å². The summed E-state index contributed by atoms with van der Waals surface area (Å²) in [6, 6.07) is 1.72. The van der Waals surface area contributed by atoms with Gasteiger partial charge in [-0.2, -0.15) is 0 Å². The number of allylic oxidation sites excluding steroid dienone is 4. The number of phenols is 1. The van der Waals surface area contributed by atoms with Crippen molar-refractivity contribution in [3.05, 3.63) is 52.6 Å². The van der Waals surface area contributed by atoms with Crippen molar-refractivity contribution in [1.82, 2.24) is 5.48 Å². The van der Waals surface area contributed by atoms with Gasteiger partial charge in [-0.3, -0.25) is 14.4 Å². The van der Waals surface area contributed by atoms with E-state index in [0.717, 1.165) is 0 Å². The third-order valence-corrected chi connectivity index (χ3v) is 9.37. The lowest BCUT2D eigenvalue weighted by atomic mass is 9.69. The fourth-order valence-corrected chi connectivity index (χ4v) is 7.29. The van der Waals surface area contributed by atoms with E-state index in [0.29, 0.717) is 17.5 Å². The molecule has 4 unspecified atom stereocenters. The summed E-state index contributed by atoms with van der Waals surface area (Å²) in [5.74, 6) is 0.592. The average molecular weight is 450 g/mol. The number of rotatable bonds is 3. The van der Waals surface area contributed by atoms with E-state index < -0.39 is 31.4 Å². The van der Waals surface area contributed by atoms with Crippen molar-refractivity contribution in [1.29, 1.82) is 0 Å². The Kier molecular flexibility index (Phi) is 5.27. The minimum absolute atomic E-state index is 0.0946. The van der Waals surface area contributed by atoms with Crippen LogP contribution in [0.25, 0.3) is 0 Å². The smallest absolute Gasteiger partial charge is 0.321 e. The van der Waals surface area contributed by atoms with Crippen LogP contribution in [0.5, 0.6) is 5.75 Å². The monoisotopic (exact) mass is 449 g/mol. The van der Waals surface area contributed by atoms with Crippen LogP contribution in [0, 0.1) is 24.2 Å². The van der Waals surface area contributed by atoms with Crippen molar-refractivity contribution < 1.29 is 24.3 Å². The van der Waals surface area contributed by atoms with Gasteiger partial charge in [0, 0.05) is 18.9 Å². The van der Waals surface area contributed by atoms with E-state index in [9.17, 15) is 19.5 Å². The summed E-state index contributed by atoms with van der Waals surface area (Å²) in [6.45, 7) is 7.78. The topological polar surface area (TPSA) is 92.7 Å². The van der Waals surface area contributed by atoms with Crippen LogP contribution in [0.2, 0.25) is 19.6 Å². The largest absolute Gasteiger partial charge is 0.507 e. The molecule has 0 saturated carbocycles. The second kappa shape index (κ2) is 7.57. The van der Waals surface area contributed by atoms with Crippen LogP contribution in [-0.4, -0.2) is 36.3 Å². The number of ketones is 2. The molecule has 0 radical (unpaired) electrons. The summed E-state index contributed by atoms with van der Waals surface area (Å²) in [5.41, 5.74) is 3.47. The summed E-state index contributed by atoms with van der Waals surface area (Å²) < 4.78 is 0. The Labute approximate surface area is 188 Å². The molecule has 2 N–H and O–H groups in total. The predicted octanol–water partition coefficient (Wildman–Crippen LogP) is 3.48. The van der Waals surface area contributed by atoms with Crippen molar-refractivity contribution in [2.24, 2.45) is 11.8 Å². The molecule has 0 aromatic heterocycles. The first kappa shape index (κ1) is 22.2. The van der Waals surface area contributed by atoms with Crippen molar-refractivity contribution in [3.63, 3.8) is 0 Å². The molecule has 0 fully saturated rings. The number of benzene rings is 1. The zero-order valence-corrected chi connectivity index (χ0v) is 19.7. The molecule has 0 heterocycles. The number of nitrogens with one attached hydrogen (secondary N) is 1. The number of hydrogen-bond donors (Lipinski definition) is 2. The summed E-state index contributed by atoms with van der Waals surface area (Å²) in [7, 11) is -1.98. The van der Waals surface area contributed by atoms with Crippen LogP contribution in [0.3, 0.4) is 0 Å². The van der Waals surface area contributed by atoms with Gasteiger partial charge >= 0.3 is 5.97 Å². The van der Waals surface area contributed by atoms with Crippen molar-refractivity contribution >= 4 is 25.6 Å². The van der Waals surface area contributed by atoms with E-state index in [1.165, 1.54) is 6.92 Å². The minimum Gasteiger partial charge on any atom is -0.507 e. The molecule has 3 aliphatic carbocycles. The fourth-order valence-electron chi connectivity index (χ4n) is 5.15. The van der Waals surface area contributed by atoms with Gasteiger partial charge in [0.25, 0.3) is 0 Å². The minimum atomic E-state index is -1.98. The van der Waals surface area contributed by atoms with E-state index >= 15 is 0 Å². The van der Waals surface area contributed by atoms with Crippen LogP contribution in [0.1, 0.15) is 50.7 Å².